The van der Waals surface area contributed by atoms with E-state index in [1.807, 2.05) is 29.2 Å². The van der Waals surface area contributed by atoms with Crippen LogP contribution in [0.25, 0.3) is 0 Å². The van der Waals surface area contributed by atoms with Gasteiger partial charge in [-0.2, -0.15) is 0 Å². The van der Waals surface area contributed by atoms with Crippen LogP contribution in [0.5, 0.6) is 5.75 Å². The number of fused-ring (bicyclic) bond motifs is 1. The summed E-state index contributed by atoms with van der Waals surface area (Å²) in [6, 6.07) is 8.07. The molecule has 1 aromatic rings. The molecule has 1 aliphatic carbocycles. The van der Waals surface area contributed by atoms with E-state index in [2.05, 4.69) is 18.7 Å². The summed E-state index contributed by atoms with van der Waals surface area (Å²) in [5, 5.41) is 0.324. The second-order valence-electron chi connectivity index (χ2n) is 6.17. The fraction of sp³-hybridized carbons (Fsp3) is 0.556. The van der Waals surface area contributed by atoms with Gasteiger partial charge in [-0.15, -0.1) is 0 Å². The predicted octanol–water partition coefficient (Wildman–Crippen LogP) is 3.55. The standard InChI is InChI=1S/C18H24N2O2S2/c1-4-19(5-2)18(23)24-15-11-10-14-16(15)17(21)20(14)12-6-8-13(22-3)9-7-12/h6-9,14-16H,4-5,10-11H2,1-3H3/t14-,15-,16-/m0/s1. The Hall–Kier alpha value is -1.27. The van der Waals surface area contributed by atoms with E-state index in [-0.39, 0.29) is 11.8 Å². The summed E-state index contributed by atoms with van der Waals surface area (Å²) in [7, 11) is 1.65. The van der Waals surface area contributed by atoms with Gasteiger partial charge < -0.3 is 14.5 Å². The Morgan fingerprint density at radius 3 is 2.54 bits per heavy atom. The maximum atomic E-state index is 12.7. The fourth-order valence-corrected chi connectivity index (χ4v) is 5.67. The number of benzene rings is 1. The van der Waals surface area contributed by atoms with Gasteiger partial charge >= 0.3 is 0 Å². The summed E-state index contributed by atoms with van der Waals surface area (Å²) in [4.78, 5) is 16.9. The number of ether oxygens (including phenoxy) is 1. The molecule has 1 amide bonds. The molecule has 1 saturated carbocycles. The van der Waals surface area contributed by atoms with E-state index in [9.17, 15) is 4.79 Å². The quantitative estimate of drug-likeness (QED) is 0.589. The third kappa shape index (κ3) is 3.02. The van der Waals surface area contributed by atoms with Gasteiger partial charge in [-0.05, 0) is 51.0 Å². The largest absolute Gasteiger partial charge is 0.497 e. The summed E-state index contributed by atoms with van der Waals surface area (Å²) in [5.74, 6) is 1.17. The predicted molar refractivity (Wildman–Crippen MR) is 104 cm³/mol. The zero-order valence-electron chi connectivity index (χ0n) is 14.4. The van der Waals surface area contributed by atoms with Gasteiger partial charge in [0.2, 0.25) is 5.91 Å². The maximum Gasteiger partial charge on any atom is 0.233 e. The summed E-state index contributed by atoms with van der Waals surface area (Å²) >= 11 is 7.29. The Morgan fingerprint density at radius 2 is 1.96 bits per heavy atom. The molecular weight excluding hydrogens is 340 g/mol. The molecule has 0 spiro atoms. The second-order valence-corrected chi connectivity index (χ2v) is 8.04. The number of thioether (sulfide) groups is 1. The van der Waals surface area contributed by atoms with Crippen LogP contribution in [0.15, 0.2) is 24.3 Å². The van der Waals surface area contributed by atoms with Crippen LogP contribution in [0.1, 0.15) is 26.7 Å². The number of anilines is 1. The first-order valence-corrected chi connectivity index (χ1v) is 9.82. The number of methoxy groups -OCH3 is 1. The molecular formula is C18H24N2O2S2. The van der Waals surface area contributed by atoms with Gasteiger partial charge in [0.25, 0.3) is 0 Å². The SMILES string of the molecule is CCN(CC)C(=S)S[C@H]1CC[C@H]2[C@@H]1C(=O)N2c1ccc(OC)cc1. The number of amides is 1. The Balaban J connectivity index is 1.66. The number of hydrogen-bond donors (Lipinski definition) is 0. The van der Waals surface area contributed by atoms with Crippen LogP contribution in [0.3, 0.4) is 0 Å². The molecule has 2 aliphatic rings. The molecule has 6 heteroatoms. The zero-order valence-corrected chi connectivity index (χ0v) is 16.0. The molecule has 1 aliphatic heterocycles. The highest BCUT2D eigenvalue weighted by atomic mass is 32.2. The van der Waals surface area contributed by atoms with Crippen molar-refractivity contribution in [2.75, 3.05) is 25.1 Å². The Bertz CT molecular complexity index is 616. The van der Waals surface area contributed by atoms with Crippen LogP contribution in [0, 0.1) is 5.92 Å². The monoisotopic (exact) mass is 364 g/mol. The van der Waals surface area contributed by atoms with Crippen molar-refractivity contribution < 1.29 is 9.53 Å². The van der Waals surface area contributed by atoms with E-state index in [0.29, 0.717) is 11.3 Å². The van der Waals surface area contributed by atoms with Gasteiger partial charge in [0.05, 0.1) is 13.0 Å². The normalized spacial score (nSPS) is 25.2. The summed E-state index contributed by atoms with van der Waals surface area (Å²) < 4.78 is 6.12. The molecule has 3 atom stereocenters. The first kappa shape index (κ1) is 17.5. The molecule has 1 aromatic carbocycles. The van der Waals surface area contributed by atoms with E-state index >= 15 is 0 Å². The minimum absolute atomic E-state index is 0.116. The number of hydrogen-bond acceptors (Lipinski definition) is 4. The van der Waals surface area contributed by atoms with Gasteiger partial charge in [-0.1, -0.05) is 24.0 Å². The van der Waals surface area contributed by atoms with Crippen LogP contribution < -0.4 is 9.64 Å². The lowest BCUT2D eigenvalue weighted by molar-refractivity contribution is -0.128. The highest BCUT2D eigenvalue weighted by Crippen LogP contribution is 2.48. The van der Waals surface area contributed by atoms with Crippen LogP contribution >= 0.6 is 24.0 Å². The average Bonchev–Trinajstić information content (AvgIpc) is 2.94. The molecule has 0 unspecified atom stereocenters. The fourth-order valence-electron chi connectivity index (χ4n) is 3.68. The van der Waals surface area contributed by atoms with Crippen molar-refractivity contribution in [2.45, 2.75) is 38.0 Å². The van der Waals surface area contributed by atoms with Crippen LogP contribution in [0.4, 0.5) is 5.69 Å². The molecule has 24 heavy (non-hydrogen) atoms. The van der Waals surface area contributed by atoms with Crippen LogP contribution in [0.2, 0.25) is 0 Å². The van der Waals surface area contributed by atoms with Gasteiger partial charge in [0.1, 0.15) is 10.1 Å². The molecule has 3 rings (SSSR count). The first-order chi connectivity index (χ1) is 11.6. The second kappa shape index (κ2) is 7.31. The maximum absolute atomic E-state index is 12.7. The molecule has 0 N–H and O–H groups in total. The smallest absolute Gasteiger partial charge is 0.233 e. The molecule has 130 valence electrons. The molecule has 1 saturated heterocycles. The molecule has 0 aromatic heterocycles. The van der Waals surface area contributed by atoms with E-state index < -0.39 is 0 Å². The Labute approximate surface area is 153 Å². The number of carbonyl (C=O) groups excluding carboxylic acids is 1. The molecule has 0 radical (unpaired) electrons. The number of β-lactam (4-membered cyclic amide) rings is 1. The topological polar surface area (TPSA) is 32.8 Å². The van der Waals surface area contributed by atoms with Crippen molar-refractivity contribution in [3.05, 3.63) is 24.3 Å². The van der Waals surface area contributed by atoms with E-state index in [1.54, 1.807) is 18.9 Å². The van der Waals surface area contributed by atoms with Gasteiger partial charge in [-0.3, -0.25) is 4.79 Å². The molecule has 0 bridgehead atoms. The lowest BCUT2D eigenvalue weighted by Gasteiger charge is -2.45. The Morgan fingerprint density at radius 1 is 1.29 bits per heavy atom. The number of carbonyl (C=O) groups is 1. The van der Waals surface area contributed by atoms with Crippen molar-refractivity contribution >= 4 is 39.9 Å². The highest BCUT2D eigenvalue weighted by Gasteiger charge is 2.55. The highest BCUT2D eigenvalue weighted by molar-refractivity contribution is 8.23. The average molecular weight is 365 g/mol. The number of nitrogens with zero attached hydrogens (tertiary/aromatic N) is 2. The molecule has 2 fully saturated rings. The van der Waals surface area contributed by atoms with Crippen molar-refractivity contribution in [3.63, 3.8) is 0 Å². The summed E-state index contributed by atoms with van der Waals surface area (Å²) in [5.41, 5.74) is 0.971. The molecule has 1 heterocycles. The lowest BCUT2D eigenvalue weighted by Crippen LogP contribution is -2.61. The van der Waals surface area contributed by atoms with E-state index in [1.165, 1.54) is 0 Å². The Kier molecular flexibility index (Phi) is 5.35. The van der Waals surface area contributed by atoms with Crippen LogP contribution in [-0.2, 0) is 4.79 Å². The summed E-state index contributed by atoms with van der Waals surface area (Å²) in [6.07, 6.45) is 2.11. The van der Waals surface area contributed by atoms with Crippen LogP contribution in [-0.4, -0.2) is 46.6 Å². The number of rotatable bonds is 5. The minimum atomic E-state index is 0.116. The van der Waals surface area contributed by atoms with Gasteiger partial charge in [-0.25, -0.2) is 0 Å². The third-order valence-corrected chi connectivity index (χ3v) is 6.88. The van der Waals surface area contributed by atoms with Gasteiger partial charge in [0.15, 0.2) is 0 Å². The first-order valence-electron chi connectivity index (χ1n) is 8.53. The van der Waals surface area contributed by atoms with E-state index in [4.69, 9.17) is 17.0 Å². The van der Waals surface area contributed by atoms with E-state index in [0.717, 1.165) is 41.7 Å². The van der Waals surface area contributed by atoms with Crippen molar-refractivity contribution in [1.82, 2.24) is 4.90 Å². The summed E-state index contributed by atoms with van der Waals surface area (Å²) in [6.45, 7) is 6.09. The van der Waals surface area contributed by atoms with Crippen molar-refractivity contribution in [1.29, 1.82) is 0 Å². The van der Waals surface area contributed by atoms with Gasteiger partial charge in [0, 0.05) is 30.1 Å². The van der Waals surface area contributed by atoms with Crippen molar-refractivity contribution in [2.24, 2.45) is 5.92 Å². The lowest BCUT2D eigenvalue weighted by atomic mass is 9.89. The third-order valence-electron chi connectivity index (χ3n) is 5.04. The zero-order chi connectivity index (χ0) is 17.3. The molecule has 4 nitrogen and oxygen atoms in total. The van der Waals surface area contributed by atoms with Crippen molar-refractivity contribution in [3.8, 4) is 5.75 Å². The number of thiocarbonyl (C=S) groups is 1. The minimum Gasteiger partial charge on any atom is -0.497 e.